The molecule has 1 amide bonds. The lowest BCUT2D eigenvalue weighted by molar-refractivity contribution is -0.116. The Kier molecular flexibility index (Phi) is 4.75. The first kappa shape index (κ1) is 17.8. The molecule has 0 radical (unpaired) electrons. The molecule has 6 nitrogen and oxygen atoms in total. The van der Waals surface area contributed by atoms with Gasteiger partial charge in [0.25, 0.3) is 5.56 Å². The minimum Gasteiger partial charge on any atom is -0.302 e. The van der Waals surface area contributed by atoms with Crippen molar-refractivity contribution in [2.24, 2.45) is 0 Å². The molecule has 136 valence electrons. The summed E-state index contributed by atoms with van der Waals surface area (Å²) in [6, 6.07) is 11.3. The number of hydrogen-bond acceptors (Lipinski definition) is 5. The van der Waals surface area contributed by atoms with E-state index in [9.17, 15) is 9.59 Å². The second-order valence-corrected chi connectivity index (χ2v) is 8.14. The van der Waals surface area contributed by atoms with Crippen LogP contribution in [0.15, 0.2) is 52.0 Å². The molecule has 0 saturated carbocycles. The number of carbonyl (C=O) groups is 1. The van der Waals surface area contributed by atoms with Crippen molar-refractivity contribution in [1.29, 1.82) is 0 Å². The van der Waals surface area contributed by atoms with Crippen LogP contribution in [0.5, 0.6) is 0 Å². The van der Waals surface area contributed by atoms with Crippen molar-refractivity contribution in [2.45, 2.75) is 19.9 Å². The molecule has 0 bridgehead atoms. The average molecular weight is 443 g/mol. The van der Waals surface area contributed by atoms with Gasteiger partial charge in [-0.25, -0.2) is 9.97 Å². The van der Waals surface area contributed by atoms with Gasteiger partial charge in [-0.15, -0.1) is 0 Å². The van der Waals surface area contributed by atoms with Crippen molar-refractivity contribution in [3.8, 4) is 0 Å². The summed E-state index contributed by atoms with van der Waals surface area (Å²) < 4.78 is 3.30. The Morgan fingerprint density at radius 2 is 2.04 bits per heavy atom. The topological polar surface area (TPSA) is 76.9 Å². The second kappa shape index (κ2) is 7.21. The van der Waals surface area contributed by atoms with Crippen LogP contribution < -0.4 is 10.9 Å². The highest BCUT2D eigenvalue weighted by Gasteiger charge is 2.10. The fraction of sp³-hybridized carbons (Fsp3) is 0.158. The van der Waals surface area contributed by atoms with Gasteiger partial charge in [-0.05, 0) is 42.8 Å². The molecule has 0 aliphatic heterocycles. The van der Waals surface area contributed by atoms with E-state index < -0.39 is 0 Å². The molecule has 0 atom stereocenters. The van der Waals surface area contributed by atoms with Gasteiger partial charge in [0.05, 0.1) is 27.4 Å². The SMILES string of the molecule is Cc1ccc2nc(NC(=O)CCn3cnc4ccc(Br)cc4c3=O)sc2c1. The van der Waals surface area contributed by atoms with E-state index in [4.69, 9.17) is 0 Å². The molecule has 0 aliphatic carbocycles. The number of fused-ring (bicyclic) bond motifs is 2. The zero-order chi connectivity index (χ0) is 19.0. The molecule has 0 spiro atoms. The maximum absolute atomic E-state index is 12.6. The molecule has 1 N–H and O–H groups in total. The Labute approximate surface area is 167 Å². The van der Waals surface area contributed by atoms with Crippen LogP contribution in [0.4, 0.5) is 5.13 Å². The van der Waals surface area contributed by atoms with Crippen LogP contribution in [-0.4, -0.2) is 20.4 Å². The molecule has 2 heterocycles. The summed E-state index contributed by atoms with van der Waals surface area (Å²) in [6.45, 7) is 2.27. The Hall–Kier alpha value is -2.58. The van der Waals surface area contributed by atoms with Crippen molar-refractivity contribution in [3.05, 3.63) is 63.1 Å². The van der Waals surface area contributed by atoms with Gasteiger partial charge in [0.2, 0.25) is 5.91 Å². The first-order valence-electron chi connectivity index (χ1n) is 8.31. The van der Waals surface area contributed by atoms with E-state index >= 15 is 0 Å². The van der Waals surface area contributed by atoms with Gasteiger partial charge in [0.15, 0.2) is 5.13 Å². The maximum atomic E-state index is 12.6. The molecular weight excluding hydrogens is 428 g/mol. The molecular formula is C19H15BrN4O2S. The van der Waals surface area contributed by atoms with Crippen molar-refractivity contribution in [3.63, 3.8) is 0 Å². The van der Waals surface area contributed by atoms with Crippen LogP contribution in [0.3, 0.4) is 0 Å². The number of thiazole rings is 1. The molecule has 2 aromatic carbocycles. The van der Waals surface area contributed by atoms with Gasteiger partial charge in [-0.1, -0.05) is 33.3 Å². The number of benzene rings is 2. The molecule has 0 fully saturated rings. The summed E-state index contributed by atoms with van der Waals surface area (Å²) >= 11 is 4.80. The standard InChI is InChI=1S/C19H15BrN4O2S/c1-11-2-4-15-16(8-11)27-19(22-15)23-17(25)6-7-24-10-21-14-5-3-12(20)9-13(14)18(24)26/h2-5,8-10H,6-7H2,1H3,(H,22,23,25). The normalized spacial score (nSPS) is 11.2. The molecule has 0 aliphatic rings. The highest BCUT2D eigenvalue weighted by Crippen LogP contribution is 2.26. The van der Waals surface area contributed by atoms with Crippen molar-refractivity contribution in [2.75, 3.05) is 5.32 Å². The number of aryl methyl sites for hydroxylation is 2. The lowest BCUT2D eigenvalue weighted by Gasteiger charge is -2.06. The summed E-state index contributed by atoms with van der Waals surface area (Å²) in [5.41, 5.74) is 2.48. The highest BCUT2D eigenvalue weighted by molar-refractivity contribution is 9.10. The third-order valence-corrected chi connectivity index (χ3v) is 5.58. The van der Waals surface area contributed by atoms with Gasteiger partial charge in [0, 0.05) is 17.4 Å². The largest absolute Gasteiger partial charge is 0.302 e. The summed E-state index contributed by atoms with van der Waals surface area (Å²) in [5, 5.41) is 3.90. The minimum absolute atomic E-state index is 0.162. The molecule has 8 heteroatoms. The van der Waals surface area contributed by atoms with E-state index in [1.807, 2.05) is 31.2 Å². The van der Waals surface area contributed by atoms with Gasteiger partial charge in [-0.3, -0.25) is 14.2 Å². The van der Waals surface area contributed by atoms with Crippen molar-refractivity contribution >= 4 is 59.4 Å². The van der Waals surface area contributed by atoms with Crippen LogP contribution >= 0.6 is 27.3 Å². The third kappa shape index (κ3) is 3.77. The maximum Gasteiger partial charge on any atom is 0.261 e. The third-order valence-electron chi connectivity index (χ3n) is 4.16. The molecule has 4 rings (SSSR count). The van der Waals surface area contributed by atoms with Crippen LogP contribution in [0.2, 0.25) is 0 Å². The Morgan fingerprint density at radius 3 is 2.89 bits per heavy atom. The van der Waals surface area contributed by atoms with E-state index in [0.29, 0.717) is 16.0 Å². The van der Waals surface area contributed by atoms with Crippen LogP contribution in [0.1, 0.15) is 12.0 Å². The van der Waals surface area contributed by atoms with E-state index in [1.54, 1.807) is 12.1 Å². The van der Waals surface area contributed by atoms with Crippen molar-refractivity contribution in [1.82, 2.24) is 14.5 Å². The van der Waals surface area contributed by atoms with Gasteiger partial charge < -0.3 is 5.32 Å². The number of nitrogens with one attached hydrogen (secondary N) is 1. The monoisotopic (exact) mass is 442 g/mol. The van der Waals surface area contributed by atoms with Crippen molar-refractivity contribution < 1.29 is 4.79 Å². The van der Waals surface area contributed by atoms with Gasteiger partial charge >= 0.3 is 0 Å². The predicted molar refractivity (Wildman–Crippen MR) is 111 cm³/mol. The van der Waals surface area contributed by atoms with Gasteiger partial charge in [-0.2, -0.15) is 0 Å². The van der Waals surface area contributed by atoms with Crippen LogP contribution in [-0.2, 0) is 11.3 Å². The fourth-order valence-corrected chi connectivity index (χ4v) is 4.12. The Morgan fingerprint density at radius 1 is 1.22 bits per heavy atom. The second-order valence-electron chi connectivity index (χ2n) is 6.19. The molecule has 27 heavy (non-hydrogen) atoms. The van der Waals surface area contributed by atoms with Crippen LogP contribution in [0.25, 0.3) is 21.1 Å². The fourth-order valence-electron chi connectivity index (χ4n) is 2.78. The predicted octanol–water partition coefficient (Wildman–Crippen LogP) is 4.11. The number of halogens is 1. The average Bonchev–Trinajstić information content (AvgIpc) is 3.02. The quantitative estimate of drug-likeness (QED) is 0.515. The molecule has 0 saturated heterocycles. The first-order chi connectivity index (χ1) is 13.0. The number of nitrogens with zero attached hydrogens (tertiary/aromatic N) is 3. The van der Waals surface area contributed by atoms with Gasteiger partial charge in [0.1, 0.15) is 0 Å². The Balaban J connectivity index is 1.48. The first-order valence-corrected chi connectivity index (χ1v) is 9.92. The zero-order valence-corrected chi connectivity index (χ0v) is 16.8. The summed E-state index contributed by atoms with van der Waals surface area (Å²) in [5.74, 6) is -0.188. The summed E-state index contributed by atoms with van der Waals surface area (Å²) in [4.78, 5) is 33.5. The molecule has 2 aromatic heterocycles. The minimum atomic E-state index is -0.188. The lowest BCUT2D eigenvalue weighted by Crippen LogP contribution is -2.23. The lowest BCUT2D eigenvalue weighted by atomic mass is 10.2. The van der Waals surface area contributed by atoms with E-state index in [0.717, 1.165) is 20.3 Å². The summed E-state index contributed by atoms with van der Waals surface area (Å²) in [6.07, 6.45) is 1.64. The number of hydrogen-bond donors (Lipinski definition) is 1. The molecule has 0 unspecified atom stereocenters. The number of rotatable bonds is 4. The molecule has 4 aromatic rings. The summed E-state index contributed by atoms with van der Waals surface area (Å²) in [7, 11) is 0. The number of aromatic nitrogens is 3. The number of carbonyl (C=O) groups excluding carboxylic acids is 1. The Bertz CT molecular complexity index is 1230. The number of amides is 1. The smallest absolute Gasteiger partial charge is 0.261 e. The van der Waals surface area contributed by atoms with E-state index in [2.05, 4.69) is 31.2 Å². The van der Waals surface area contributed by atoms with E-state index in [1.165, 1.54) is 22.2 Å². The highest BCUT2D eigenvalue weighted by atomic mass is 79.9. The number of anilines is 1. The van der Waals surface area contributed by atoms with E-state index in [-0.39, 0.29) is 24.4 Å². The zero-order valence-electron chi connectivity index (χ0n) is 14.4. The van der Waals surface area contributed by atoms with Crippen LogP contribution in [0, 0.1) is 6.92 Å².